The highest BCUT2D eigenvalue weighted by Crippen LogP contribution is 2.27. The van der Waals surface area contributed by atoms with Crippen molar-refractivity contribution in [3.63, 3.8) is 0 Å². The molecule has 134 valence electrons. The van der Waals surface area contributed by atoms with Crippen LogP contribution in [0.15, 0.2) is 0 Å². The van der Waals surface area contributed by atoms with E-state index in [1.165, 1.54) is 50.0 Å². The van der Waals surface area contributed by atoms with Gasteiger partial charge in [0.25, 0.3) is 0 Å². The molecule has 3 N–H and O–H groups in total. The van der Waals surface area contributed by atoms with Crippen LogP contribution >= 0.6 is 11.3 Å². The van der Waals surface area contributed by atoms with E-state index in [4.69, 9.17) is 5.73 Å². The van der Waals surface area contributed by atoms with Crippen molar-refractivity contribution < 1.29 is 4.79 Å². The fourth-order valence-electron chi connectivity index (χ4n) is 3.96. The monoisotopic (exact) mass is 351 g/mol. The zero-order valence-electron chi connectivity index (χ0n) is 14.4. The Morgan fingerprint density at radius 1 is 1.21 bits per heavy atom. The lowest BCUT2D eigenvalue weighted by atomic mass is 9.90. The minimum absolute atomic E-state index is 0.165. The van der Waals surface area contributed by atoms with Gasteiger partial charge >= 0.3 is 0 Å². The summed E-state index contributed by atoms with van der Waals surface area (Å²) < 4.78 is 0. The number of hydrogen-bond donors (Lipinski definition) is 2. The number of piperidine rings is 1. The van der Waals surface area contributed by atoms with E-state index in [0.717, 1.165) is 43.3 Å². The van der Waals surface area contributed by atoms with Gasteiger partial charge in [-0.1, -0.05) is 30.6 Å². The minimum atomic E-state index is 0.165. The highest BCUT2D eigenvalue weighted by atomic mass is 32.1. The second kappa shape index (κ2) is 8.76. The number of anilines is 1. The van der Waals surface area contributed by atoms with Gasteiger partial charge in [0.05, 0.1) is 5.92 Å². The zero-order valence-corrected chi connectivity index (χ0v) is 15.2. The number of rotatable bonds is 6. The topological polar surface area (TPSA) is 84.1 Å². The fourth-order valence-corrected chi connectivity index (χ4v) is 4.61. The highest BCUT2D eigenvalue weighted by molar-refractivity contribution is 7.15. The maximum Gasteiger partial charge on any atom is 0.224 e. The van der Waals surface area contributed by atoms with Gasteiger partial charge in [0.15, 0.2) is 0 Å². The minimum Gasteiger partial charge on any atom is -0.374 e. The van der Waals surface area contributed by atoms with Crippen molar-refractivity contribution in [3.8, 4) is 0 Å². The summed E-state index contributed by atoms with van der Waals surface area (Å²) in [5.41, 5.74) is 5.57. The van der Waals surface area contributed by atoms with Crippen LogP contribution in [0.4, 0.5) is 5.13 Å². The van der Waals surface area contributed by atoms with Gasteiger partial charge in [-0.25, -0.2) is 0 Å². The van der Waals surface area contributed by atoms with Crippen LogP contribution < -0.4 is 11.1 Å². The standard InChI is InChI=1S/C17H29N5OS/c18-17-21-20-15(24-17)9-4-10-19-16(23)13-6-5-11-22(12-13)14-7-2-1-3-8-14/h13-14H,1-12H2,(H2,18,21)(H,19,23). The number of nitrogen functional groups attached to an aromatic ring is 1. The quantitative estimate of drug-likeness (QED) is 0.768. The van der Waals surface area contributed by atoms with Crippen molar-refractivity contribution in [1.82, 2.24) is 20.4 Å². The summed E-state index contributed by atoms with van der Waals surface area (Å²) in [7, 11) is 0. The summed E-state index contributed by atoms with van der Waals surface area (Å²) >= 11 is 1.43. The largest absolute Gasteiger partial charge is 0.374 e. The number of nitrogens with one attached hydrogen (secondary N) is 1. The number of aryl methyl sites for hydroxylation is 1. The first-order valence-electron chi connectivity index (χ1n) is 9.32. The number of carbonyl (C=O) groups excluding carboxylic acids is 1. The fraction of sp³-hybridized carbons (Fsp3) is 0.824. The van der Waals surface area contributed by atoms with Crippen LogP contribution in [-0.4, -0.2) is 46.7 Å². The van der Waals surface area contributed by atoms with Crippen LogP contribution in [0.2, 0.25) is 0 Å². The smallest absolute Gasteiger partial charge is 0.224 e. The molecule has 0 aromatic carbocycles. The number of nitrogens with two attached hydrogens (primary N) is 1. The summed E-state index contributed by atoms with van der Waals surface area (Å²) in [6.07, 6.45) is 10.6. The average Bonchev–Trinajstić information content (AvgIpc) is 3.05. The van der Waals surface area contributed by atoms with Crippen LogP contribution in [0, 0.1) is 5.92 Å². The molecule has 0 spiro atoms. The van der Waals surface area contributed by atoms with E-state index >= 15 is 0 Å². The Labute approximate surface area is 148 Å². The molecule has 3 rings (SSSR count). The molecule has 7 heteroatoms. The van der Waals surface area contributed by atoms with Gasteiger partial charge in [-0.05, 0) is 38.6 Å². The molecule has 24 heavy (non-hydrogen) atoms. The van der Waals surface area contributed by atoms with Crippen molar-refractivity contribution >= 4 is 22.4 Å². The molecule has 1 aliphatic carbocycles. The Hall–Kier alpha value is -1.21. The summed E-state index contributed by atoms with van der Waals surface area (Å²) in [6.45, 7) is 2.83. The third kappa shape index (κ3) is 4.89. The number of hydrogen-bond acceptors (Lipinski definition) is 6. The first-order valence-corrected chi connectivity index (χ1v) is 10.1. The Kier molecular flexibility index (Phi) is 6.43. The van der Waals surface area contributed by atoms with Crippen molar-refractivity contribution in [2.24, 2.45) is 5.92 Å². The maximum absolute atomic E-state index is 12.5. The summed E-state index contributed by atoms with van der Waals surface area (Å²) in [6, 6.07) is 0.720. The first kappa shape index (κ1) is 17.6. The van der Waals surface area contributed by atoms with Crippen LogP contribution in [0.5, 0.6) is 0 Å². The second-order valence-electron chi connectivity index (χ2n) is 7.05. The summed E-state index contributed by atoms with van der Waals surface area (Å²) in [5.74, 6) is 0.394. The predicted molar refractivity (Wildman–Crippen MR) is 96.8 cm³/mol. The molecule has 0 bridgehead atoms. The van der Waals surface area contributed by atoms with Gasteiger partial charge in [0, 0.05) is 25.6 Å². The van der Waals surface area contributed by atoms with Crippen molar-refractivity contribution in [3.05, 3.63) is 5.01 Å². The van der Waals surface area contributed by atoms with E-state index in [9.17, 15) is 4.79 Å². The molecule has 0 radical (unpaired) electrons. The van der Waals surface area contributed by atoms with Crippen LogP contribution in [0.25, 0.3) is 0 Å². The summed E-state index contributed by atoms with van der Waals surface area (Å²) in [5, 5.41) is 12.4. The third-order valence-corrected chi connectivity index (χ3v) is 6.08. The number of aromatic nitrogens is 2. The van der Waals surface area contributed by atoms with Crippen LogP contribution in [0.1, 0.15) is 56.4 Å². The van der Waals surface area contributed by atoms with Crippen LogP contribution in [-0.2, 0) is 11.2 Å². The van der Waals surface area contributed by atoms with Gasteiger partial charge in [-0.15, -0.1) is 10.2 Å². The highest BCUT2D eigenvalue weighted by Gasteiger charge is 2.30. The van der Waals surface area contributed by atoms with Gasteiger partial charge in [0.1, 0.15) is 5.01 Å². The van der Waals surface area contributed by atoms with E-state index < -0.39 is 0 Å². The number of likely N-dealkylation sites (tertiary alicyclic amines) is 1. The molecule has 2 fully saturated rings. The van der Waals surface area contributed by atoms with Crippen LogP contribution in [0.3, 0.4) is 0 Å². The Balaban J connectivity index is 1.37. The molecule has 1 aliphatic heterocycles. The van der Waals surface area contributed by atoms with Crippen molar-refractivity contribution in [2.75, 3.05) is 25.4 Å². The lowest BCUT2D eigenvalue weighted by Gasteiger charge is -2.39. The van der Waals surface area contributed by atoms with Crippen molar-refractivity contribution in [1.29, 1.82) is 0 Å². The molecule has 1 atom stereocenters. The number of carbonyl (C=O) groups is 1. The molecule has 6 nitrogen and oxygen atoms in total. The van der Waals surface area contributed by atoms with Gasteiger partial charge in [-0.3, -0.25) is 9.69 Å². The Bertz CT molecular complexity index is 529. The molecule has 2 aliphatic rings. The van der Waals surface area contributed by atoms with Crippen molar-refractivity contribution in [2.45, 2.75) is 63.8 Å². The van der Waals surface area contributed by atoms with E-state index in [0.29, 0.717) is 11.7 Å². The van der Waals surface area contributed by atoms with E-state index in [2.05, 4.69) is 20.4 Å². The lowest BCUT2D eigenvalue weighted by molar-refractivity contribution is -0.127. The SMILES string of the molecule is Nc1nnc(CCCNC(=O)C2CCCN(C3CCCCC3)C2)s1. The Morgan fingerprint density at radius 2 is 2.04 bits per heavy atom. The molecule has 1 amide bonds. The molecular weight excluding hydrogens is 322 g/mol. The molecule has 1 unspecified atom stereocenters. The molecule has 1 aromatic heterocycles. The third-order valence-electron chi connectivity index (χ3n) is 5.26. The molecule has 1 aromatic rings. The number of amides is 1. The predicted octanol–water partition coefficient (Wildman–Crippen LogP) is 2.21. The average molecular weight is 352 g/mol. The summed E-state index contributed by atoms with van der Waals surface area (Å²) in [4.78, 5) is 15.0. The zero-order chi connectivity index (χ0) is 16.8. The lowest BCUT2D eigenvalue weighted by Crippen LogP contribution is -2.47. The molecule has 2 heterocycles. The number of nitrogens with zero attached hydrogens (tertiary/aromatic N) is 3. The molecular formula is C17H29N5OS. The molecule has 1 saturated carbocycles. The normalized spacial score (nSPS) is 23.2. The molecule has 1 saturated heterocycles. The second-order valence-corrected chi connectivity index (χ2v) is 8.15. The maximum atomic E-state index is 12.5. The Morgan fingerprint density at radius 3 is 2.79 bits per heavy atom. The first-order chi connectivity index (χ1) is 11.7. The van der Waals surface area contributed by atoms with Gasteiger partial charge in [0.2, 0.25) is 11.0 Å². The van der Waals surface area contributed by atoms with Gasteiger partial charge in [-0.2, -0.15) is 0 Å². The van der Waals surface area contributed by atoms with E-state index in [1.54, 1.807) is 0 Å². The van der Waals surface area contributed by atoms with E-state index in [-0.39, 0.29) is 11.8 Å². The van der Waals surface area contributed by atoms with Gasteiger partial charge < -0.3 is 11.1 Å². The van der Waals surface area contributed by atoms with E-state index in [1.807, 2.05) is 0 Å².